The molecule has 0 amide bonds. The molecule has 0 bridgehead atoms. The molecule has 7 heteroatoms. The van der Waals surface area contributed by atoms with Crippen LogP contribution in [0.2, 0.25) is 0 Å². The average Bonchev–Trinajstić information content (AvgIpc) is 2.48. The van der Waals surface area contributed by atoms with E-state index >= 15 is 0 Å². The van der Waals surface area contributed by atoms with E-state index in [0.29, 0.717) is 6.42 Å². The van der Waals surface area contributed by atoms with E-state index in [9.17, 15) is 19.6 Å². The van der Waals surface area contributed by atoms with Crippen molar-refractivity contribution in [1.29, 1.82) is 0 Å². The average molecular weight is 309 g/mol. The molecule has 0 aromatic heterocycles. The van der Waals surface area contributed by atoms with Crippen LogP contribution in [0.25, 0.3) is 0 Å². The zero-order valence-electron chi connectivity index (χ0n) is 12.5. The summed E-state index contributed by atoms with van der Waals surface area (Å²) in [6.45, 7) is 8.73. The summed E-state index contributed by atoms with van der Waals surface area (Å²) >= 11 is 0. The summed E-state index contributed by atoms with van der Waals surface area (Å²) in [6, 6.07) is 1.68. The van der Waals surface area contributed by atoms with Crippen LogP contribution in [0.5, 0.6) is 5.75 Å². The minimum absolute atomic E-state index is 0.247. The molecule has 1 aromatic rings. The van der Waals surface area contributed by atoms with E-state index in [0.717, 1.165) is 37.8 Å². The van der Waals surface area contributed by atoms with E-state index in [-0.39, 0.29) is 17.3 Å². The highest BCUT2D eigenvalue weighted by molar-refractivity contribution is 5.46. The Balaban J connectivity index is 2.45. The van der Waals surface area contributed by atoms with Crippen molar-refractivity contribution in [3.05, 3.63) is 45.8 Å². The zero-order chi connectivity index (χ0) is 16.3. The number of piperazine rings is 1. The Morgan fingerprint density at radius 2 is 2.18 bits per heavy atom. The van der Waals surface area contributed by atoms with Crippen LogP contribution in [-0.4, -0.2) is 41.1 Å². The fourth-order valence-electron chi connectivity index (χ4n) is 2.72. The Kier molecular flexibility index (Phi) is 5.10. The van der Waals surface area contributed by atoms with Gasteiger partial charge in [-0.2, -0.15) is 0 Å². The number of hydrogen-bond acceptors (Lipinski definition) is 5. The predicted octanol–water partition coefficient (Wildman–Crippen LogP) is 2.35. The maximum Gasteiger partial charge on any atom is 0.272 e. The van der Waals surface area contributed by atoms with Gasteiger partial charge in [0.05, 0.1) is 11.0 Å². The molecule has 0 radical (unpaired) electrons. The minimum atomic E-state index is -0.967. The van der Waals surface area contributed by atoms with Crippen LogP contribution in [0.3, 0.4) is 0 Å². The van der Waals surface area contributed by atoms with E-state index in [2.05, 4.69) is 16.8 Å². The van der Waals surface area contributed by atoms with Gasteiger partial charge in [-0.05, 0) is 13.3 Å². The van der Waals surface area contributed by atoms with Gasteiger partial charge < -0.3 is 10.4 Å². The molecule has 0 saturated carbocycles. The first-order valence-corrected chi connectivity index (χ1v) is 7.16. The highest BCUT2D eigenvalue weighted by atomic mass is 19.1. The third-order valence-electron chi connectivity index (χ3n) is 3.78. The van der Waals surface area contributed by atoms with E-state index in [1.807, 2.05) is 6.92 Å². The Bertz CT molecular complexity index is 586. The lowest BCUT2D eigenvalue weighted by atomic mass is 9.96. The largest absolute Gasteiger partial charge is 0.505 e. The lowest BCUT2D eigenvalue weighted by Crippen LogP contribution is -2.45. The van der Waals surface area contributed by atoms with Gasteiger partial charge in [0.15, 0.2) is 11.6 Å². The Morgan fingerprint density at radius 3 is 2.73 bits per heavy atom. The van der Waals surface area contributed by atoms with Crippen LogP contribution < -0.4 is 5.32 Å². The topological polar surface area (TPSA) is 78.6 Å². The first-order valence-electron chi connectivity index (χ1n) is 7.16. The summed E-state index contributed by atoms with van der Waals surface area (Å²) in [7, 11) is 0. The number of rotatable bonds is 5. The van der Waals surface area contributed by atoms with E-state index < -0.39 is 16.5 Å². The van der Waals surface area contributed by atoms with Crippen molar-refractivity contribution < 1.29 is 14.4 Å². The van der Waals surface area contributed by atoms with Gasteiger partial charge in [0.1, 0.15) is 0 Å². The Morgan fingerprint density at radius 1 is 1.55 bits per heavy atom. The van der Waals surface area contributed by atoms with Gasteiger partial charge in [-0.25, -0.2) is 4.39 Å². The van der Waals surface area contributed by atoms with Gasteiger partial charge in [0, 0.05) is 43.9 Å². The first kappa shape index (κ1) is 16.4. The lowest BCUT2D eigenvalue weighted by Gasteiger charge is -2.35. The Labute approximate surface area is 128 Å². The molecular formula is C15H20FN3O3. The van der Waals surface area contributed by atoms with Crippen molar-refractivity contribution in [2.75, 3.05) is 26.2 Å². The van der Waals surface area contributed by atoms with Crippen LogP contribution in [-0.2, 0) is 0 Å². The zero-order valence-corrected chi connectivity index (χ0v) is 12.5. The molecule has 1 saturated heterocycles. The number of halogens is 1. The first-order chi connectivity index (χ1) is 10.4. The van der Waals surface area contributed by atoms with Crippen LogP contribution in [0.1, 0.15) is 24.9 Å². The number of phenols is 1. The SMILES string of the molecule is C=C(C)C[C@@H](c1cc([N+](=O)[O-])cc(F)c1O)N1CCNCC1. The van der Waals surface area contributed by atoms with Crippen molar-refractivity contribution in [2.24, 2.45) is 0 Å². The third kappa shape index (κ3) is 3.61. The van der Waals surface area contributed by atoms with Gasteiger partial charge in [-0.15, -0.1) is 6.58 Å². The molecule has 120 valence electrons. The van der Waals surface area contributed by atoms with Crippen LogP contribution in [0, 0.1) is 15.9 Å². The highest BCUT2D eigenvalue weighted by Crippen LogP contribution is 2.37. The lowest BCUT2D eigenvalue weighted by molar-refractivity contribution is -0.385. The molecule has 1 atom stereocenters. The van der Waals surface area contributed by atoms with Gasteiger partial charge >= 0.3 is 0 Å². The number of hydrogen-bond donors (Lipinski definition) is 2. The standard InChI is InChI=1S/C15H20FN3O3/c1-10(2)7-14(18-5-3-17-4-6-18)12-8-11(19(21)22)9-13(16)15(12)20/h8-9,14,17,20H,1,3-7H2,2H3/t14-/m0/s1. The van der Waals surface area contributed by atoms with Gasteiger partial charge in [0.2, 0.25) is 0 Å². The number of non-ortho nitro benzene ring substituents is 1. The smallest absolute Gasteiger partial charge is 0.272 e. The number of nitrogens with one attached hydrogen (secondary N) is 1. The van der Waals surface area contributed by atoms with Crippen LogP contribution in [0.4, 0.5) is 10.1 Å². The van der Waals surface area contributed by atoms with Crippen molar-refractivity contribution in [1.82, 2.24) is 10.2 Å². The molecule has 22 heavy (non-hydrogen) atoms. The molecule has 1 aliphatic heterocycles. The molecule has 1 aromatic carbocycles. The maximum atomic E-state index is 13.9. The second-order valence-electron chi connectivity index (χ2n) is 5.59. The van der Waals surface area contributed by atoms with Gasteiger partial charge in [0.25, 0.3) is 5.69 Å². The monoisotopic (exact) mass is 309 g/mol. The van der Waals surface area contributed by atoms with Crippen molar-refractivity contribution in [2.45, 2.75) is 19.4 Å². The fraction of sp³-hybridized carbons (Fsp3) is 0.467. The van der Waals surface area contributed by atoms with Crippen LogP contribution >= 0.6 is 0 Å². The second kappa shape index (κ2) is 6.85. The normalized spacial score (nSPS) is 17.2. The van der Waals surface area contributed by atoms with Crippen molar-refractivity contribution >= 4 is 5.69 Å². The molecular weight excluding hydrogens is 289 g/mol. The third-order valence-corrected chi connectivity index (χ3v) is 3.78. The predicted molar refractivity (Wildman–Crippen MR) is 81.3 cm³/mol. The fourth-order valence-corrected chi connectivity index (χ4v) is 2.72. The molecule has 2 N–H and O–H groups in total. The number of aromatic hydroxyl groups is 1. The molecule has 2 rings (SSSR count). The summed E-state index contributed by atoms with van der Waals surface area (Å²) in [5.41, 5.74) is 0.763. The summed E-state index contributed by atoms with van der Waals surface area (Å²) in [5.74, 6) is -1.48. The number of nitro groups is 1. The summed E-state index contributed by atoms with van der Waals surface area (Å²) in [5, 5.41) is 24.2. The molecule has 0 spiro atoms. The van der Waals surface area contributed by atoms with E-state index in [1.54, 1.807) is 0 Å². The van der Waals surface area contributed by atoms with Crippen LogP contribution in [0.15, 0.2) is 24.3 Å². The molecule has 0 unspecified atom stereocenters. The number of nitro benzene ring substituents is 1. The Hall–Kier alpha value is -1.99. The van der Waals surface area contributed by atoms with Crippen molar-refractivity contribution in [3.63, 3.8) is 0 Å². The van der Waals surface area contributed by atoms with Gasteiger partial charge in [-0.1, -0.05) is 5.57 Å². The van der Waals surface area contributed by atoms with Crippen molar-refractivity contribution in [3.8, 4) is 5.75 Å². The second-order valence-corrected chi connectivity index (χ2v) is 5.59. The highest BCUT2D eigenvalue weighted by Gasteiger charge is 2.28. The summed E-state index contributed by atoms with van der Waals surface area (Å²) in [6.07, 6.45) is 0.508. The molecule has 6 nitrogen and oxygen atoms in total. The van der Waals surface area contributed by atoms with Gasteiger partial charge in [-0.3, -0.25) is 15.0 Å². The summed E-state index contributed by atoms with van der Waals surface area (Å²) < 4.78 is 13.9. The molecule has 1 fully saturated rings. The molecule has 1 heterocycles. The number of nitrogens with zero attached hydrogens (tertiary/aromatic N) is 2. The maximum absolute atomic E-state index is 13.9. The quantitative estimate of drug-likeness (QED) is 0.496. The number of benzene rings is 1. The number of phenolic OH excluding ortho intramolecular Hbond substituents is 1. The minimum Gasteiger partial charge on any atom is -0.505 e. The summed E-state index contributed by atoms with van der Waals surface area (Å²) in [4.78, 5) is 12.4. The molecule has 1 aliphatic rings. The van der Waals surface area contributed by atoms with E-state index in [4.69, 9.17) is 0 Å². The molecule has 0 aliphatic carbocycles. The van der Waals surface area contributed by atoms with E-state index in [1.165, 1.54) is 6.07 Å².